The molecule has 3 aromatic rings. The van der Waals surface area contributed by atoms with Gasteiger partial charge >= 0.3 is 0 Å². The maximum Gasteiger partial charge on any atom is 0.285 e. The zero-order chi connectivity index (χ0) is 23.3. The second-order valence-electron chi connectivity index (χ2n) is 6.49. The number of sulfonamides is 1. The summed E-state index contributed by atoms with van der Waals surface area (Å²) in [6, 6.07) is 13.6. The van der Waals surface area contributed by atoms with Crippen molar-refractivity contribution in [2.75, 3.05) is 5.32 Å². The van der Waals surface area contributed by atoms with Gasteiger partial charge in [0.2, 0.25) is 23.0 Å². The molecule has 11 nitrogen and oxygen atoms in total. The molecule has 0 atom stereocenters. The number of anilines is 1. The predicted molar refractivity (Wildman–Crippen MR) is 124 cm³/mol. The van der Waals surface area contributed by atoms with E-state index in [1.165, 1.54) is 36.5 Å². The molecule has 3 rings (SSSR count). The lowest BCUT2D eigenvalue weighted by atomic mass is 10.2. The Morgan fingerprint density at radius 2 is 1.78 bits per heavy atom. The van der Waals surface area contributed by atoms with Crippen molar-refractivity contribution in [1.82, 2.24) is 15.5 Å². The average molecular weight is 473 g/mol. The highest BCUT2D eigenvalue weighted by molar-refractivity contribution is 7.90. The number of hydrogen-bond donors (Lipinski definition) is 4. The average Bonchev–Trinajstić information content (AvgIpc) is 3.17. The quantitative estimate of drug-likeness (QED) is 0.320. The standard InChI is InChI=1S/C19H20N8O3S2/c1-11-10-14(8-9-15(11)22-12(2)28)32(29,30)27-18(21)23-17(20)24-19-26-25-16(31-19)13-6-4-3-5-7-13/h3-10H,1-2H3,(H,22,28)(H5,20,21,23,24,26,27). The minimum atomic E-state index is -4.13. The van der Waals surface area contributed by atoms with Gasteiger partial charge in [0.1, 0.15) is 5.01 Å². The summed E-state index contributed by atoms with van der Waals surface area (Å²) in [5, 5.41) is 13.9. The van der Waals surface area contributed by atoms with Crippen molar-refractivity contribution < 1.29 is 13.2 Å². The molecule has 0 spiro atoms. The number of hydrogen-bond acceptors (Lipinski definition) is 7. The Bertz CT molecular complexity index is 1300. The molecule has 1 amide bonds. The van der Waals surface area contributed by atoms with E-state index in [2.05, 4.69) is 30.2 Å². The Morgan fingerprint density at radius 1 is 1.06 bits per heavy atom. The van der Waals surface area contributed by atoms with Crippen molar-refractivity contribution in [3.63, 3.8) is 0 Å². The molecule has 32 heavy (non-hydrogen) atoms. The third kappa shape index (κ3) is 5.86. The van der Waals surface area contributed by atoms with Crippen LogP contribution in [0.5, 0.6) is 0 Å². The van der Waals surface area contributed by atoms with Crippen molar-refractivity contribution in [2.45, 2.75) is 18.7 Å². The van der Waals surface area contributed by atoms with E-state index >= 15 is 0 Å². The highest BCUT2D eigenvalue weighted by Crippen LogP contribution is 2.27. The number of guanidine groups is 2. The second kappa shape index (κ2) is 9.53. The molecule has 0 unspecified atom stereocenters. The summed E-state index contributed by atoms with van der Waals surface area (Å²) in [5.41, 5.74) is 13.4. The fraction of sp³-hybridized carbons (Fsp3) is 0.105. The van der Waals surface area contributed by atoms with E-state index in [-0.39, 0.29) is 21.9 Å². The number of aromatic nitrogens is 2. The van der Waals surface area contributed by atoms with Crippen LogP contribution in [0.1, 0.15) is 12.5 Å². The maximum atomic E-state index is 12.5. The van der Waals surface area contributed by atoms with Gasteiger partial charge in [-0.2, -0.15) is 13.4 Å². The largest absolute Gasteiger partial charge is 0.369 e. The van der Waals surface area contributed by atoms with Gasteiger partial charge in [-0.05, 0) is 30.7 Å². The monoisotopic (exact) mass is 472 g/mol. The molecule has 13 heteroatoms. The lowest BCUT2D eigenvalue weighted by molar-refractivity contribution is -0.114. The first-order valence-electron chi connectivity index (χ1n) is 9.13. The van der Waals surface area contributed by atoms with Gasteiger partial charge in [-0.1, -0.05) is 41.7 Å². The molecular formula is C19H20N8O3S2. The molecule has 0 aliphatic heterocycles. The smallest absolute Gasteiger partial charge is 0.285 e. The number of aliphatic imine (C=N–C) groups is 1. The van der Waals surface area contributed by atoms with Gasteiger partial charge in [0.15, 0.2) is 0 Å². The number of carbonyl (C=O) groups excluding carboxylic acids is 1. The lowest BCUT2D eigenvalue weighted by Gasteiger charge is -2.08. The van der Waals surface area contributed by atoms with Crippen LogP contribution in [0, 0.1) is 6.92 Å². The Kier molecular flexibility index (Phi) is 6.80. The topological polar surface area (TPSA) is 178 Å². The van der Waals surface area contributed by atoms with Crippen molar-refractivity contribution in [3.8, 4) is 10.6 Å². The summed E-state index contributed by atoms with van der Waals surface area (Å²) in [6.07, 6.45) is 0. The molecule has 0 aliphatic carbocycles. The fourth-order valence-electron chi connectivity index (χ4n) is 2.55. The lowest BCUT2D eigenvalue weighted by Crippen LogP contribution is -2.41. The molecule has 1 heterocycles. The van der Waals surface area contributed by atoms with Gasteiger partial charge < -0.3 is 16.8 Å². The van der Waals surface area contributed by atoms with E-state index in [0.29, 0.717) is 16.3 Å². The normalized spacial score (nSPS) is 12.4. The Labute approximate surface area is 188 Å². The molecule has 6 N–H and O–H groups in total. The first-order chi connectivity index (χ1) is 15.1. The van der Waals surface area contributed by atoms with Gasteiger partial charge in [-0.3, -0.25) is 10.1 Å². The highest BCUT2D eigenvalue weighted by atomic mass is 32.2. The summed E-state index contributed by atoms with van der Waals surface area (Å²) in [5.74, 6) is -0.937. The van der Waals surface area contributed by atoms with Gasteiger partial charge in [-0.25, -0.2) is 0 Å². The van der Waals surface area contributed by atoms with E-state index in [9.17, 15) is 13.2 Å². The number of nitrogens with zero attached hydrogens (tertiary/aromatic N) is 4. The first-order valence-corrected chi connectivity index (χ1v) is 11.4. The van der Waals surface area contributed by atoms with Crippen molar-refractivity contribution in [3.05, 3.63) is 54.1 Å². The van der Waals surface area contributed by atoms with Crippen LogP contribution in [0.2, 0.25) is 0 Å². The van der Waals surface area contributed by atoms with Gasteiger partial charge in [0.25, 0.3) is 10.0 Å². The minimum absolute atomic E-state index is 0.0963. The molecule has 1 aromatic heterocycles. The number of benzene rings is 2. The van der Waals surface area contributed by atoms with Crippen molar-refractivity contribution >= 4 is 50.0 Å². The van der Waals surface area contributed by atoms with Crippen LogP contribution in [0.4, 0.5) is 10.8 Å². The third-order valence-corrected chi connectivity index (χ3v) is 6.09. The van der Waals surface area contributed by atoms with Crippen molar-refractivity contribution in [2.24, 2.45) is 20.9 Å². The summed E-state index contributed by atoms with van der Waals surface area (Å²) in [4.78, 5) is 15.1. The molecule has 0 aliphatic rings. The van der Waals surface area contributed by atoms with Gasteiger partial charge in [-0.15, -0.1) is 14.6 Å². The number of aryl methyl sites for hydroxylation is 1. The maximum absolute atomic E-state index is 12.5. The number of nitrogens with one attached hydrogen (secondary N) is 2. The molecule has 0 saturated carbocycles. The molecule has 0 saturated heterocycles. The van der Waals surface area contributed by atoms with Crippen LogP contribution >= 0.6 is 11.3 Å². The van der Waals surface area contributed by atoms with Crippen LogP contribution in [0.3, 0.4) is 0 Å². The van der Waals surface area contributed by atoms with E-state index in [4.69, 9.17) is 11.5 Å². The summed E-state index contributed by atoms with van der Waals surface area (Å²) in [7, 11) is -4.13. The molecule has 0 fully saturated rings. The summed E-state index contributed by atoms with van der Waals surface area (Å²) >= 11 is 1.20. The van der Waals surface area contributed by atoms with Crippen molar-refractivity contribution in [1.29, 1.82) is 0 Å². The fourth-order valence-corrected chi connectivity index (χ4v) is 4.26. The van der Waals surface area contributed by atoms with Crippen LogP contribution in [-0.4, -0.2) is 36.4 Å². The van der Waals surface area contributed by atoms with Gasteiger partial charge in [0, 0.05) is 18.2 Å². The minimum Gasteiger partial charge on any atom is -0.369 e. The molecule has 2 aromatic carbocycles. The van der Waals surface area contributed by atoms with Crippen LogP contribution in [-0.2, 0) is 14.8 Å². The SMILES string of the molecule is CC(=O)Nc1ccc(S(=O)(=O)/N=C(\N)N/C(N)=N/c2nnc(-c3ccccc3)s2)cc1C. The Balaban J connectivity index is 1.73. The molecule has 166 valence electrons. The number of rotatable bonds is 5. The summed E-state index contributed by atoms with van der Waals surface area (Å²) in [6.45, 7) is 3.02. The summed E-state index contributed by atoms with van der Waals surface area (Å²) < 4.78 is 28.6. The van der Waals surface area contributed by atoms with E-state index in [0.717, 1.165) is 5.56 Å². The first kappa shape index (κ1) is 22.8. The number of nitrogens with two attached hydrogens (primary N) is 2. The molecule has 0 radical (unpaired) electrons. The van der Waals surface area contributed by atoms with E-state index in [1.807, 2.05) is 30.3 Å². The zero-order valence-corrected chi connectivity index (χ0v) is 18.7. The van der Waals surface area contributed by atoms with Crippen LogP contribution in [0.15, 0.2) is 62.8 Å². The third-order valence-electron chi connectivity index (χ3n) is 3.93. The number of amides is 1. The Morgan fingerprint density at radius 3 is 2.44 bits per heavy atom. The predicted octanol–water partition coefficient (Wildman–Crippen LogP) is 1.71. The van der Waals surface area contributed by atoms with Crippen LogP contribution < -0.4 is 22.1 Å². The molecule has 0 bridgehead atoms. The van der Waals surface area contributed by atoms with E-state index in [1.54, 1.807) is 6.92 Å². The zero-order valence-electron chi connectivity index (χ0n) is 17.1. The van der Waals surface area contributed by atoms with Crippen LogP contribution in [0.25, 0.3) is 10.6 Å². The highest BCUT2D eigenvalue weighted by Gasteiger charge is 2.16. The second-order valence-corrected chi connectivity index (χ2v) is 9.05. The van der Waals surface area contributed by atoms with Gasteiger partial charge in [0.05, 0.1) is 4.90 Å². The Hall–Kier alpha value is -3.84. The number of carbonyl (C=O) groups is 1. The van der Waals surface area contributed by atoms with E-state index < -0.39 is 16.0 Å². The molecular weight excluding hydrogens is 452 g/mol.